The number of nitrogens with one attached hydrogen (secondary N) is 2. The lowest BCUT2D eigenvalue weighted by atomic mass is 9.78. The van der Waals surface area contributed by atoms with Gasteiger partial charge in [0.1, 0.15) is 0 Å². The lowest BCUT2D eigenvalue weighted by Crippen LogP contribution is -2.47. The third-order valence-corrected chi connectivity index (χ3v) is 3.75. The molecule has 5 nitrogen and oxygen atoms in total. The molecule has 1 aliphatic heterocycles. The Labute approximate surface area is 113 Å². The van der Waals surface area contributed by atoms with Crippen LogP contribution in [-0.4, -0.2) is 37.7 Å². The first-order valence-corrected chi connectivity index (χ1v) is 6.60. The standard InChI is InChI=1S/C14H21N3O2/c1-11-3-6-16-9-12(11)17-13(18)14(10-19-2)4-7-15-8-5-14/h3,6,9,15H,4-5,7-8,10H2,1-2H3,(H,17,18). The van der Waals surface area contributed by atoms with E-state index in [4.69, 9.17) is 4.74 Å². The van der Waals surface area contributed by atoms with Crippen molar-refractivity contribution < 1.29 is 9.53 Å². The number of carbonyl (C=O) groups excluding carboxylic acids is 1. The van der Waals surface area contributed by atoms with E-state index in [9.17, 15) is 4.79 Å². The SMILES string of the molecule is COCC1(C(=O)Nc2cnccc2C)CCNCC1. The number of anilines is 1. The molecule has 104 valence electrons. The summed E-state index contributed by atoms with van der Waals surface area (Å²) in [6.45, 7) is 4.12. The fourth-order valence-corrected chi connectivity index (χ4v) is 2.47. The maximum atomic E-state index is 12.6. The molecule has 0 unspecified atom stereocenters. The first-order chi connectivity index (χ1) is 9.18. The lowest BCUT2D eigenvalue weighted by Gasteiger charge is -2.35. The number of hydrogen-bond donors (Lipinski definition) is 2. The average molecular weight is 263 g/mol. The molecule has 1 aliphatic rings. The summed E-state index contributed by atoms with van der Waals surface area (Å²) in [5.41, 5.74) is 1.37. The van der Waals surface area contributed by atoms with Crippen molar-refractivity contribution in [2.24, 2.45) is 5.41 Å². The summed E-state index contributed by atoms with van der Waals surface area (Å²) in [5.74, 6) is 0.0342. The van der Waals surface area contributed by atoms with Crippen molar-refractivity contribution in [3.05, 3.63) is 24.0 Å². The molecule has 1 aromatic rings. The van der Waals surface area contributed by atoms with Crippen molar-refractivity contribution in [1.29, 1.82) is 0 Å². The minimum absolute atomic E-state index is 0.0342. The number of aromatic nitrogens is 1. The molecule has 0 atom stereocenters. The van der Waals surface area contributed by atoms with Gasteiger partial charge in [0.05, 0.1) is 23.9 Å². The smallest absolute Gasteiger partial charge is 0.233 e. The van der Waals surface area contributed by atoms with Gasteiger partial charge in [-0.3, -0.25) is 9.78 Å². The maximum Gasteiger partial charge on any atom is 0.233 e. The van der Waals surface area contributed by atoms with Crippen LogP contribution in [0.4, 0.5) is 5.69 Å². The first-order valence-electron chi connectivity index (χ1n) is 6.60. The quantitative estimate of drug-likeness (QED) is 0.860. The molecule has 1 fully saturated rings. The van der Waals surface area contributed by atoms with Gasteiger partial charge in [-0.15, -0.1) is 0 Å². The second-order valence-electron chi connectivity index (χ2n) is 5.11. The summed E-state index contributed by atoms with van der Waals surface area (Å²) in [5, 5.41) is 6.28. The highest BCUT2D eigenvalue weighted by Gasteiger charge is 2.39. The van der Waals surface area contributed by atoms with Gasteiger partial charge in [0, 0.05) is 13.3 Å². The summed E-state index contributed by atoms with van der Waals surface area (Å²) in [7, 11) is 1.65. The molecular formula is C14H21N3O2. The lowest BCUT2D eigenvalue weighted by molar-refractivity contribution is -0.130. The Bertz CT molecular complexity index is 437. The fourth-order valence-electron chi connectivity index (χ4n) is 2.47. The Balaban J connectivity index is 2.14. The predicted octanol–water partition coefficient (Wildman–Crippen LogP) is 1.34. The van der Waals surface area contributed by atoms with E-state index in [1.807, 2.05) is 13.0 Å². The topological polar surface area (TPSA) is 63.2 Å². The number of nitrogens with zero attached hydrogens (tertiary/aromatic N) is 1. The van der Waals surface area contributed by atoms with E-state index < -0.39 is 5.41 Å². The van der Waals surface area contributed by atoms with Crippen LogP contribution in [0.25, 0.3) is 0 Å². The second kappa shape index (κ2) is 6.12. The van der Waals surface area contributed by atoms with E-state index >= 15 is 0 Å². The Morgan fingerprint density at radius 1 is 1.53 bits per heavy atom. The molecule has 0 radical (unpaired) electrons. The Morgan fingerprint density at radius 2 is 2.26 bits per heavy atom. The molecule has 1 amide bonds. The Morgan fingerprint density at radius 3 is 2.89 bits per heavy atom. The molecule has 0 aliphatic carbocycles. The predicted molar refractivity (Wildman–Crippen MR) is 74.0 cm³/mol. The minimum Gasteiger partial charge on any atom is -0.384 e. The van der Waals surface area contributed by atoms with Crippen LogP contribution in [0.3, 0.4) is 0 Å². The highest BCUT2D eigenvalue weighted by Crippen LogP contribution is 2.31. The summed E-state index contributed by atoms with van der Waals surface area (Å²) >= 11 is 0. The van der Waals surface area contributed by atoms with Crippen LogP contribution in [0.15, 0.2) is 18.5 Å². The van der Waals surface area contributed by atoms with Crippen molar-refractivity contribution in [2.75, 3.05) is 32.1 Å². The third-order valence-electron chi connectivity index (χ3n) is 3.75. The van der Waals surface area contributed by atoms with Gasteiger partial charge in [0.15, 0.2) is 0 Å². The molecule has 5 heteroatoms. The normalized spacial score (nSPS) is 18.0. The molecule has 0 saturated carbocycles. The first kappa shape index (κ1) is 14.0. The number of piperidine rings is 1. The van der Waals surface area contributed by atoms with E-state index in [1.54, 1.807) is 19.5 Å². The molecule has 2 heterocycles. The minimum atomic E-state index is -0.428. The number of carbonyl (C=O) groups is 1. The van der Waals surface area contributed by atoms with Crippen LogP contribution >= 0.6 is 0 Å². The molecule has 0 aromatic carbocycles. The van der Waals surface area contributed by atoms with Crippen LogP contribution in [0.2, 0.25) is 0 Å². The molecule has 0 bridgehead atoms. The zero-order valence-corrected chi connectivity index (χ0v) is 11.5. The second-order valence-corrected chi connectivity index (χ2v) is 5.11. The summed E-state index contributed by atoms with van der Waals surface area (Å²) < 4.78 is 5.27. The van der Waals surface area contributed by atoms with E-state index in [0.29, 0.717) is 6.61 Å². The zero-order valence-electron chi connectivity index (χ0n) is 11.5. The molecule has 2 N–H and O–H groups in total. The van der Waals surface area contributed by atoms with E-state index in [-0.39, 0.29) is 5.91 Å². The van der Waals surface area contributed by atoms with Crippen molar-refractivity contribution in [3.8, 4) is 0 Å². The highest BCUT2D eigenvalue weighted by molar-refractivity contribution is 5.96. The van der Waals surface area contributed by atoms with Gasteiger partial charge in [-0.1, -0.05) is 0 Å². The number of aryl methyl sites for hydroxylation is 1. The monoisotopic (exact) mass is 263 g/mol. The number of ether oxygens (including phenoxy) is 1. The number of pyridine rings is 1. The molecule has 2 rings (SSSR count). The summed E-state index contributed by atoms with van der Waals surface area (Å²) in [6.07, 6.45) is 5.01. The van der Waals surface area contributed by atoms with E-state index in [0.717, 1.165) is 37.2 Å². The molecule has 19 heavy (non-hydrogen) atoms. The maximum absolute atomic E-state index is 12.6. The number of hydrogen-bond acceptors (Lipinski definition) is 4. The van der Waals surface area contributed by atoms with Gasteiger partial charge in [0.25, 0.3) is 0 Å². The molecule has 1 saturated heterocycles. The Kier molecular flexibility index (Phi) is 4.50. The molecule has 1 aromatic heterocycles. The van der Waals surface area contributed by atoms with Crippen LogP contribution in [0, 0.1) is 12.3 Å². The number of rotatable bonds is 4. The van der Waals surface area contributed by atoms with E-state index in [1.165, 1.54) is 0 Å². The summed E-state index contributed by atoms with van der Waals surface area (Å²) in [6, 6.07) is 1.89. The van der Waals surface area contributed by atoms with Crippen LogP contribution in [-0.2, 0) is 9.53 Å². The van der Waals surface area contributed by atoms with Crippen molar-refractivity contribution in [1.82, 2.24) is 10.3 Å². The van der Waals surface area contributed by atoms with Crippen molar-refractivity contribution in [2.45, 2.75) is 19.8 Å². The van der Waals surface area contributed by atoms with Crippen molar-refractivity contribution >= 4 is 11.6 Å². The fraction of sp³-hybridized carbons (Fsp3) is 0.571. The van der Waals surface area contributed by atoms with Crippen LogP contribution in [0.5, 0.6) is 0 Å². The van der Waals surface area contributed by atoms with Gasteiger partial charge in [-0.05, 0) is 44.5 Å². The van der Waals surface area contributed by atoms with Gasteiger partial charge in [-0.25, -0.2) is 0 Å². The van der Waals surface area contributed by atoms with Gasteiger partial charge in [0.2, 0.25) is 5.91 Å². The Hall–Kier alpha value is -1.46. The molecule has 0 spiro atoms. The number of amides is 1. The van der Waals surface area contributed by atoms with Gasteiger partial charge in [-0.2, -0.15) is 0 Å². The largest absolute Gasteiger partial charge is 0.384 e. The van der Waals surface area contributed by atoms with Crippen molar-refractivity contribution in [3.63, 3.8) is 0 Å². The van der Waals surface area contributed by atoms with E-state index in [2.05, 4.69) is 15.6 Å². The highest BCUT2D eigenvalue weighted by atomic mass is 16.5. The van der Waals surface area contributed by atoms with Gasteiger partial charge < -0.3 is 15.4 Å². The third kappa shape index (κ3) is 3.11. The summed E-state index contributed by atoms with van der Waals surface area (Å²) in [4.78, 5) is 16.6. The van der Waals surface area contributed by atoms with Crippen LogP contribution in [0.1, 0.15) is 18.4 Å². The zero-order chi connectivity index (χ0) is 13.7. The van der Waals surface area contributed by atoms with Gasteiger partial charge >= 0.3 is 0 Å². The van der Waals surface area contributed by atoms with Crippen LogP contribution < -0.4 is 10.6 Å². The molecular weight excluding hydrogens is 242 g/mol. The number of methoxy groups -OCH3 is 1. The average Bonchev–Trinajstić information content (AvgIpc) is 2.42.